The van der Waals surface area contributed by atoms with E-state index in [1.54, 1.807) is 6.92 Å². The Morgan fingerprint density at radius 3 is 2.86 bits per heavy atom. The molecule has 14 heavy (non-hydrogen) atoms. The molecule has 0 fully saturated rings. The van der Waals surface area contributed by atoms with Crippen LogP contribution in [0.2, 0.25) is 0 Å². The van der Waals surface area contributed by atoms with Crippen molar-refractivity contribution in [3.63, 3.8) is 0 Å². The zero-order valence-corrected chi connectivity index (χ0v) is 7.35. The van der Waals surface area contributed by atoms with Crippen molar-refractivity contribution in [3.8, 4) is 0 Å². The maximum absolute atomic E-state index is 11.0. The zero-order valence-electron chi connectivity index (χ0n) is 7.35. The molecule has 0 bridgehead atoms. The maximum atomic E-state index is 11.0. The standard InChI is InChI=1S/C7H8N4O3/c1-3-5-6(9-4(2-12)8-3)10-7(13)11(5)14/h12,14H,2H2,1H3,(H,8,9,10,13). The second kappa shape index (κ2) is 2.81. The Balaban J connectivity index is 2.90. The van der Waals surface area contributed by atoms with Gasteiger partial charge < -0.3 is 10.3 Å². The minimum atomic E-state index is -0.674. The number of hydrogen-bond acceptors (Lipinski definition) is 5. The van der Waals surface area contributed by atoms with Gasteiger partial charge in [0.2, 0.25) is 0 Å². The van der Waals surface area contributed by atoms with Gasteiger partial charge in [-0.3, -0.25) is 4.98 Å². The maximum Gasteiger partial charge on any atom is 0.360 e. The van der Waals surface area contributed by atoms with Gasteiger partial charge in [-0.15, -0.1) is 4.73 Å². The monoisotopic (exact) mass is 196 g/mol. The van der Waals surface area contributed by atoms with Crippen molar-refractivity contribution in [1.29, 1.82) is 0 Å². The molecule has 2 rings (SSSR count). The Bertz CT molecular complexity index is 542. The molecule has 7 nitrogen and oxygen atoms in total. The third-order valence-electron chi connectivity index (χ3n) is 1.88. The summed E-state index contributed by atoms with van der Waals surface area (Å²) in [5.41, 5.74) is 0.202. The number of imidazole rings is 1. The number of rotatable bonds is 1. The van der Waals surface area contributed by atoms with Gasteiger partial charge in [-0.1, -0.05) is 0 Å². The van der Waals surface area contributed by atoms with Gasteiger partial charge in [0.05, 0.1) is 5.69 Å². The summed E-state index contributed by atoms with van der Waals surface area (Å²) in [6.07, 6.45) is 0. The lowest BCUT2D eigenvalue weighted by Crippen LogP contribution is -2.13. The summed E-state index contributed by atoms with van der Waals surface area (Å²) >= 11 is 0. The quantitative estimate of drug-likeness (QED) is 0.516. The first-order chi connectivity index (χ1) is 6.63. The van der Waals surface area contributed by atoms with Crippen molar-refractivity contribution < 1.29 is 10.3 Å². The molecule has 0 amide bonds. The van der Waals surface area contributed by atoms with Gasteiger partial charge >= 0.3 is 5.69 Å². The van der Waals surface area contributed by atoms with Crippen LogP contribution in [0.5, 0.6) is 0 Å². The smallest absolute Gasteiger partial charge is 0.360 e. The number of aliphatic hydroxyl groups excluding tert-OH is 1. The fourth-order valence-electron chi connectivity index (χ4n) is 1.29. The van der Waals surface area contributed by atoms with E-state index >= 15 is 0 Å². The molecule has 0 aromatic carbocycles. The van der Waals surface area contributed by atoms with E-state index in [1.807, 2.05) is 0 Å². The molecule has 0 radical (unpaired) electrons. The first-order valence-electron chi connectivity index (χ1n) is 3.92. The lowest BCUT2D eigenvalue weighted by atomic mass is 10.4. The molecule has 3 N–H and O–H groups in total. The predicted octanol–water partition coefficient (Wildman–Crippen LogP) is -0.842. The highest BCUT2D eigenvalue weighted by Gasteiger charge is 2.11. The molecule has 74 valence electrons. The molecule has 0 aliphatic carbocycles. The summed E-state index contributed by atoms with van der Waals surface area (Å²) in [6.45, 7) is 1.30. The third-order valence-corrected chi connectivity index (χ3v) is 1.88. The van der Waals surface area contributed by atoms with Gasteiger partial charge in [-0.25, -0.2) is 14.8 Å². The van der Waals surface area contributed by atoms with E-state index in [9.17, 15) is 10.0 Å². The molecule has 0 atom stereocenters. The number of aromatic amines is 1. The van der Waals surface area contributed by atoms with E-state index < -0.39 is 5.69 Å². The van der Waals surface area contributed by atoms with E-state index in [0.29, 0.717) is 10.4 Å². The highest BCUT2D eigenvalue weighted by molar-refractivity contribution is 5.72. The van der Waals surface area contributed by atoms with Crippen LogP contribution in [-0.4, -0.2) is 30.0 Å². The fourth-order valence-corrected chi connectivity index (χ4v) is 1.29. The number of fused-ring (bicyclic) bond motifs is 1. The lowest BCUT2D eigenvalue weighted by Gasteiger charge is -1.99. The summed E-state index contributed by atoms with van der Waals surface area (Å²) in [7, 11) is 0. The number of aryl methyl sites for hydroxylation is 1. The van der Waals surface area contributed by atoms with Gasteiger partial charge in [-0.2, -0.15) is 0 Å². The first kappa shape index (κ1) is 8.70. The van der Waals surface area contributed by atoms with Crippen LogP contribution in [0.3, 0.4) is 0 Å². The Labute approximate surface area is 77.6 Å². The second-order valence-electron chi connectivity index (χ2n) is 2.82. The summed E-state index contributed by atoms with van der Waals surface area (Å²) in [6, 6.07) is 0. The van der Waals surface area contributed by atoms with Gasteiger partial charge in [0.25, 0.3) is 0 Å². The minimum absolute atomic E-state index is 0.205. The molecule has 7 heteroatoms. The fraction of sp³-hybridized carbons (Fsp3) is 0.286. The molecule has 0 aliphatic rings. The summed E-state index contributed by atoms with van der Waals surface area (Å²) < 4.78 is 0.450. The van der Waals surface area contributed by atoms with Crippen molar-refractivity contribution in [2.45, 2.75) is 13.5 Å². The highest BCUT2D eigenvalue weighted by Crippen LogP contribution is 2.10. The van der Waals surface area contributed by atoms with Crippen LogP contribution < -0.4 is 5.69 Å². The highest BCUT2D eigenvalue weighted by atomic mass is 16.5. The van der Waals surface area contributed by atoms with Crippen LogP contribution in [0.25, 0.3) is 11.2 Å². The van der Waals surface area contributed by atoms with E-state index in [-0.39, 0.29) is 23.6 Å². The molecule has 2 aromatic rings. The van der Waals surface area contributed by atoms with Crippen molar-refractivity contribution in [1.82, 2.24) is 19.7 Å². The summed E-state index contributed by atoms with van der Waals surface area (Å²) in [4.78, 5) is 21.1. The van der Waals surface area contributed by atoms with E-state index in [1.165, 1.54) is 0 Å². The molecule has 0 saturated carbocycles. The summed E-state index contributed by atoms with van der Waals surface area (Å²) in [5, 5.41) is 18.1. The third kappa shape index (κ3) is 1.06. The largest absolute Gasteiger partial charge is 0.423 e. The molecule has 0 spiro atoms. The first-order valence-corrected chi connectivity index (χ1v) is 3.92. The van der Waals surface area contributed by atoms with Gasteiger partial charge in [-0.05, 0) is 6.92 Å². The van der Waals surface area contributed by atoms with Crippen molar-refractivity contribution in [3.05, 3.63) is 22.0 Å². The molecule has 0 saturated heterocycles. The normalized spacial score (nSPS) is 11.0. The number of aromatic nitrogens is 4. The minimum Gasteiger partial charge on any atom is -0.423 e. The molecule has 0 aliphatic heterocycles. The molecular formula is C7H8N4O3. The second-order valence-corrected chi connectivity index (χ2v) is 2.82. The number of aliphatic hydroxyl groups is 1. The summed E-state index contributed by atoms with van der Waals surface area (Å²) in [5.74, 6) is 0.205. The number of H-pyrrole nitrogens is 1. The van der Waals surface area contributed by atoms with Gasteiger partial charge in [0.15, 0.2) is 11.5 Å². The van der Waals surface area contributed by atoms with Crippen LogP contribution in [0.1, 0.15) is 11.5 Å². The SMILES string of the molecule is Cc1nc(CO)nc2[nH]c(=O)n(O)c12. The van der Waals surface area contributed by atoms with Gasteiger partial charge in [0.1, 0.15) is 12.1 Å². The topological polar surface area (TPSA) is 104 Å². The van der Waals surface area contributed by atoms with E-state index in [2.05, 4.69) is 15.0 Å². The zero-order chi connectivity index (χ0) is 10.3. The average Bonchev–Trinajstić information content (AvgIpc) is 2.43. The van der Waals surface area contributed by atoms with E-state index in [0.717, 1.165) is 0 Å². The van der Waals surface area contributed by atoms with Gasteiger partial charge in [0, 0.05) is 0 Å². The lowest BCUT2D eigenvalue weighted by molar-refractivity contribution is 0.187. The molecular weight excluding hydrogens is 188 g/mol. The Hall–Kier alpha value is -1.89. The molecule has 2 heterocycles. The number of nitrogens with zero attached hydrogens (tertiary/aromatic N) is 3. The average molecular weight is 196 g/mol. The predicted molar refractivity (Wildman–Crippen MR) is 46.0 cm³/mol. The van der Waals surface area contributed by atoms with Crippen LogP contribution in [0.4, 0.5) is 0 Å². The molecule has 0 unspecified atom stereocenters. The molecule has 2 aromatic heterocycles. The van der Waals surface area contributed by atoms with Crippen molar-refractivity contribution in [2.24, 2.45) is 0 Å². The van der Waals surface area contributed by atoms with E-state index in [4.69, 9.17) is 5.11 Å². The van der Waals surface area contributed by atoms with Crippen LogP contribution in [-0.2, 0) is 6.61 Å². The van der Waals surface area contributed by atoms with Crippen molar-refractivity contribution in [2.75, 3.05) is 0 Å². The Morgan fingerprint density at radius 2 is 2.21 bits per heavy atom. The van der Waals surface area contributed by atoms with Crippen LogP contribution >= 0.6 is 0 Å². The number of hydrogen-bond donors (Lipinski definition) is 3. The number of nitrogens with one attached hydrogen (secondary N) is 1. The van der Waals surface area contributed by atoms with Crippen LogP contribution in [0, 0.1) is 6.92 Å². The Kier molecular flexibility index (Phi) is 1.74. The van der Waals surface area contributed by atoms with Crippen molar-refractivity contribution >= 4 is 11.2 Å². The Morgan fingerprint density at radius 1 is 1.50 bits per heavy atom. The van der Waals surface area contributed by atoms with Crippen LogP contribution in [0.15, 0.2) is 4.79 Å².